The van der Waals surface area contributed by atoms with Crippen molar-refractivity contribution in [1.29, 1.82) is 0 Å². The average molecular weight is 329 g/mol. The number of carbonyl (C=O) groups excluding carboxylic acids is 1. The van der Waals surface area contributed by atoms with Crippen molar-refractivity contribution in [2.45, 2.75) is 13.5 Å². The van der Waals surface area contributed by atoms with Crippen molar-refractivity contribution in [3.05, 3.63) is 45.5 Å². The number of nitrogens with one attached hydrogen (secondary N) is 1. The first-order valence-electron chi connectivity index (χ1n) is 5.40. The second kappa shape index (κ2) is 5.54. The van der Waals surface area contributed by atoms with Crippen LogP contribution in [-0.4, -0.2) is 15.7 Å². The fraction of sp³-hybridized carbons (Fsp3) is 0.167. The molecule has 18 heavy (non-hydrogen) atoms. The third-order valence-electron chi connectivity index (χ3n) is 2.38. The molecule has 1 aromatic carbocycles. The van der Waals surface area contributed by atoms with E-state index in [1.54, 1.807) is 35.1 Å². The quantitative estimate of drug-likeness (QED) is 0.936. The molecule has 4 nitrogen and oxygen atoms in total. The van der Waals surface area contributed by atoms with Crippen molar-refractivity contribution in [2.75, 3.05) is 5.32 Å². The molecule has 0 spiro atoms. The normalized spacial score (nSPS) is 10.4. The van der Waals surface area contributed by atoms with Crippen LogP contribution in [-0.2, 0) is 6.54 Å². The standard InChI is InChI=1S/C12H11BrClN3O/c1-2-17-6-5-11(16-17)15-12(18)9-7-8(13)3-4-10(9)14/h3-7H,2H2,1H3,(H,15,16,18). The number of carbonyl (C=O) groups is 1. The van der Waals surface area contributed by atoms with Gasteiger partial charge in [-0.3, -0.25) is 9.48 Å². The summed E-state index contributed by atoms with van der Waals surface area (Å²) in [4.78, 5) is 12.0. The summed E-state index contributed by atoms with van der Waals surface area (Å²) in [5, 5.41) is 7.29. The summed E-state index contributed by atoms with van der Waals surface area (Å²) in [6, 6.07) is 6.87. The molecule has 0 atom stereocenters. The Hall–Kier alpha value is -1.33. The number of halogens is 2. The number of rotatable bonds is 3. The Balaban J connectivity index is 2.19. The third kappa shape index (κ3) is 2.91. The maximum absolute atomic E-state index is 12.0. The molecular weight excluding hydrogens is 318 g/mol. The summed E-state index contributed by atoms with van der Waals surface area (Å²) in [5.74, 6) is 0.237. The highest BCUT2D eigenvalue weighted by Gasteiger charge is 2.12. The molecule has 0 bridgehead atoms. The van der Waals surface area contributed by atoms with Gasteiger partial charge in [-0.25, -0.2) is 0 Å². The van der Waals surface area contributed by atoms with Crippen LogP contribution in [0.1, 0.15) is 17.3 Å². The smallest absolute Gasteiger partial charge is 0.258 e. The first-order valence-corrected chi connectivity index (χ1v) is 6.57. The second-order valence-corrected chi connectivity index (χ2v) is 4.96. The maximum atomic E-state index is 12.0. The van der Waals surface area contributed by atoms with E-state index < -0.39 is 0 Å². The van der Waals surface area contributed by atoms with E-state index >= 15 is 0 Å². The third-order valence-corrected chi connectivity index (χ3v) is 3.20. The van der Waals surface area contributed by atoms with Crippen molar-refractivity contribution >= 4 is 39.3 Å². The zero-order valence-corrected chi connectivity index (χ0v) is 12.0. The minimum absolute atomic E-state index is 0.275. The van der Waals surface area contributed by atoms with Crippen molar-refractivity contribution in [1.82, 2.24) is 9.78 Å². The molecule has 0 saturated carbocycles. The Morgan fingerprint density at radius 1 is 1.50 bits per heavy atom. The number of hydrogen-bond acceptors (Lipinski definition) is 2. The van der Waals surface area contributed by atoms with Gasteiger partial charge in [0.25, 0.3) is 5.91 Å². The van der Waals surface area contributed by atoms with Gasteiger partial charge in [0, 0.05) is 23.3 Å². The van der Waals surface area contributed by atoms with Crippen molar-refractivity contribution in [2.24, 2.45) is 0 Å². The molecule has 0 fully saturated rings. The highest BCUT2D eigenvalue weighted by atomic mass is 79.9. The molecule has 1 heterocycles. The Morgan fingerprint density at radius 3 is 2.94 bits per heavy atom. The highest BCUT2D eigenvalue weighted by Crippen LogP contribution is 2.21. The minimum Gasteiger partial charge on any atom is -0.305 e. The summed E-state index contributed by atoms with van der Waals surface area (Å²) in [6.45, 7) is 2.73. The number of benzene rings is 1. The first kappa shape index (κ1) is 13.1. The van der Waals surface area contributed by atoms with E-state index in [0.29, 0.717) is 16.4 Å². The van der Waals surface area contributed by atoms with E-state index in [-0.39, 0.29) is 5.91 Å². The predicted octanol–water partition coefficient (Wildman–Crippen LogP) is 3.57. The van der Waals surface area contributed by atoms with Crippen molar-refractivity contribution in [3.8, 4) is 0 Å². The fourth-order valence-corrected chi connectivity index (χ4v) is 2.02. The summed E-state index contributed by atoms with van der Waals surface area (Å²) in [6.07, 6.45) is 1.80. The first-order chi connectivity index (χ1) is 8.60. The lowest BCUT2D eigenvalue weighted by Gasteiger charge is -2.04. The van der Waals surface area contributed by atoms with E-state index in [1.165, 1.54) is 0 Å². The zero-order chi connectivity index (χ0) is 13.1. The molecule has 0 aliphatic rings. The molecule has 2 aromatic rings. The lowest BCUT2D eigenvalue weighted by molar-refractivity contribution is 0.102. The monoisotopic (exact) mass is 327 g/mol. The van der Waals surface area contributed by atoms with Crippen LogP contribution >= 0.6 is 27.5 Å². The van der Waals surface area contributed by atoms with Crippen LogP contribution in [0.4, 0.5) is 5.82 Å². The van der Waals surface area contributed by atoms with Gasteiger partial charge >= 0.3 is 0 Å². The molecule has 0 unspecified atom stereocenters. The van der Waals surface area contributed by atoms with Crippen LogP contribution in [0.25, 0.3) is 0 Å². The molecule has 1 N–H and O–H groups in total. The minimum atomic E-state index is -0.275. The molecule has 6 heteroatoms. The van der Waals surface area contributed by atoms with E-state index in [0.717, 1.165) is 11.0 Å². The number of aromatic nitrogens is 2. The van der Waals surface area contributed by atoms with Crippen LogP contribution in [0, 0.1) is 0 Å². The topological polar surface area (TPSA) is 46.9 Å². The summed E-state index contributed by atoms with van der Waals surface area (Å²) in [5.41, 5.74) is 0.414. The average Bonchev–Trinajstić information content (AvgIpc) is 2.80. The molecule has 0 saturated heterocycles. The van der Waals surface area contributed by atoms with E-state index in [1.807, 2.05) is 6.92 Å². The molecule has 94 valence electrons. The number of aryl methyl sites for hydroxylation is 1. The van der Waals surface area contributed by atoms with Gasteiger partial charge in [-0.2, -0.15) is 5.10 Å². The summed E-state index contributed by atoms with van der Waals surface area (Å²) in [7, 11) is 0. The molecular formula is C12H11BrClN3O. The van der Waals surface area contributed by atoms with Gasteiger partial charge in [-0.05, 0) is 25.1 Å². The van der Waals surface area contributed by atoms with Gasteiger partial charge in [-0.1, -0.05) is 27.5 Å². The van der Waals surface area contributed by atoms with Crippen LogP contribution in [0.15, 0.2) is 34.9 Å². The Morgan fingerprint density at radius 2 is 2.28 bits per heavy atom. The van der Waals surface area contributed by atoms with Gasteiger partial charge in [0.2, 0.25) is 0 Å². The lowest BCUT2D eigenvalue weighted by Crippen LogP contribution is -2.13. The van der Waals surface area contributed by atoms with E-state index in [4.69, 9.17) is 11.6 Å². The van der Waals surface area contributed by atoms with E-state index in [9.17, 15) is 4.79 Å². The van der Waals surface area contributed by atoms with Gasteiger partial charge in [-0.15, -0.1) is 0 Å². The largest absolute Gasteiger partial charge is 0.305 e. The molecule has 2 rings (SSSR count). The number of nitrogens with zero attached hydrogens (tertiary/aromatic N) is 2. The lowest BCUT2D eigenvalue weighted by atomic mass is 10.2. The molecule has 1 aromatic heterocycles. The van der Waals surface area contributed by atoms with Crippen LogP contribution < -0.4 is 5.32 Å². The van der Waals surface area contributed by atoms with Crippen molar-refractivity contribution < 1.29 is 4.79 Å². The van der Waals surface area contributed by atoms with Gasteiger partial charge in [0.1, 0.15) is 0 Å². The number of anilines is 1. The number of amides is 1. The predicted molar refractivity (Wildman–Crippen MR) is 75.0 cm³/mol. The Labute approximate surface area is 118 Å². The van der Waals surface area contributed by atoms with E-state index in [2.05, 4.69) is 26.3 Å². The molecule has 0 radical (unpaired) electrons. The SMILES string of the molecule is CCn1ccc(NC(=O)c2cc(Br)ccc2Cl)n1. The van der Waals surface area contributed by atoms with Crippen LogP contribution in [0.5, 0.6) is 0 Å². The highest BCUT2D eigenvalue weighted by molar-refractivity contribution is 9.10. The molecule has 1 amide bonds. The van der Waals surface area contributed by atoms with Gasteiger partial charge in [0.15, 0.2) is 5.82 Å². The summed E-state index contributed by atoms with van der Waals surface area (Å²) < 4.78 is 2.54. The van der Waals surface area contributed by atoms with Crippen molar-refractivity contribution in [3.63, 3.8) is 0 Å². The Kier molecular flexibility index (Phi) is 4.04. The summed E-state index contributed by atoms with van der Waals surface area (Å²) >= 11 is 9.29. The van der Waals surface area contributed by atoms with Crippen LogP contribution in [0.3, 0.4) is 0 Å². The fourth-order valence-electron chi connectivity index (χ4n) is 1.46. The van der Waals surface area contributed by atoms with Crippen LogP contribution in [0.2, 0.25) is 5.02 Å². The zero-order valence-electron chi connectivity index (χ0n) is 9.65. The molecule has 0 aliphatic heterocycles. The second-order valence-electron chi connectivity index (χ2n) is 3.63. The Bertz CT molecular complexity index is 582. The maximum Gasteiger partial charge on any atom is 0.258 e. The van der Waals surface area contributed by atoms with Gasteiger partial charge < -0.3 is 5.32 Å². The number of hydrogen-bond donors (Lipinski definition) is 1. The van der Waals surface area contributed by atoms with Gasteiger partial charge in [0.05, 0.1) is 10.6 Å². The molecule has 0 aliphatic carbocycles.